The summed E-state index contributed by atoms with van der Waals surface area (Å²) in [6.45, 7) is 3.55. The van der Waals surface area contributed by atoms with Gasteiger partial charge in [0, 0.05) is 19.1 Å². The second kappa shape index (κ2) is 5.13. The van der Waals surface area contributed by atoms with Crippen LogP contribution < -0.4 is 4.90 Å². The van der Waals surface area contributed by atoms with E-state index >= 15 is 0 Å². The predicted octanol–water partition coefficient (Wildman–Crippen LogP) is 1.31. The van der Waals surface area contributed by atoms with Crippen LogP contribution >= 0.6 is 0 Å². The molecule has 0 aromatic carbocycles. The number of hydrogen-bond acceptors (Lipinski definition) is 4. The van der Waals surface area contributed by atoms with Crippen LogP contribution in [0.3, 0.4) is 0 Å². The molecule has 1 aliphatic heterocycles. The van der Waals surface area contributed by atoms with Gasteiger partial charge in [-0.2, -0.15) is 0 Å². The Bertz CT molecular complexity index is 493. The Kier molecular flexibility index (Phi) is 3.71. The molecule has 0 saturated carbocycles. The Balaban J connectivity index is 2.31. The number of halogens is 1. The van der Waals surface area contributed by atoms with Crippen molar-refractivity contribution in [1.82, 2.24) is 9.88 Å². The van der Waals surface area contributed by atoms with E-state index in [0.29, 0.717) is 24.3 Å². The van der Waals surface area contributed by atoms with Crippen LogP contribution in [-0.4, -0.2) is 54.2 Å². The Hall–Kier alpha value is -1.69. The molecule has 1 N–H and O–H groups in total. The number of aromatic nitrogens is 1. The molecule has 0 bridgehead atoms. The van der Waals surface area contributed by atoms with E-state index in [-0.39, 0.29) is 5.56 Å². The summed E-state index contributed by atoms with van der Waals surface area (Å²) in [5.41, 5.74) is -0.0772. The second-order valence-electron chi connectivity index (χ2n) is 5.24. The highest BCUT2D eigenvalue weighted by molar-refractivity contribution is 5.93. The first-order valence-electron chi connectivity index (χ1n) is 6.20. The van der Waals surface area contributed by atoms with E-state index in [9.17, 15) is 9.18 Å². The standard InChI is InChI=1S/C13H18FN3O2/c1-8-6-17(7-11(8)16(2)3)12-10(13(18)19)4-9(14)5-15-12/h4-5,8,11H,6-7H2,1-3H3,(H,18,19). The highest BCUT2D eigenvalue weighted by Crippen LogP contribution is 2.27. The number of rotatable bonds is 3. The van der Waals surface area contributed by atoms with Gasteiger partial charge in [0.05, 0.1) is 6.20 Å². The summed E-state index contributed by atoms with van der Waals surface area (Å²) in [7, 11) is 4.00. The van der Waals surface area contributed by atoms with E-state index in [2.05, 4.69) is 16.8 Å². The summed E-state index contributed by atoms with van der Waals surface area (Å²) < 4.78 is 13.1. The van der Waals surface area contributed by atoms with Gasteiger partial charge in [-0.05, 0) is 26.1 Å². The molecular formula is C13H18FN3O2. The van der Waals surface area contributed by atoms with E-state index in [0.717, 1.165) is 18.8 Å². The number of carboxylic acid groups (broad SMARTS) is 1. The average Bonchev–Trinajstić information content (AvgIpc) is 2.71. The van der Waals surface area contributed by atoms with Gasteiger partial charge in [0.2, 0.25) is 0 Å². The van der Waals surface area contributed by atoms with Gasteiger partial charge >= 0.3 is 5.97 Å². The van der Waals surface area contributed by atoms with E-state index in [4.69, 9.17) is 5.11 Å². The molecule has 6 heteroatoms. The first kappa shape index (κ1) is 13.7. The lowest BCUT2D eigenvalue weighted by Crippen LogP contribution is -2.34. The molecule has 19 heavy (non-hydrogen) atoms. The van der Waals surface area contributed by atoms with Crippen molar-refractivity contribution in [3.63, 3.8) is 0 Å². The fourth-order valence-electron chi connectivity index (χ4n) is 2.64. The van der Waals surface area contributed by atoms with Crippen LogP contribution in [0, 0.1) is 11.7 Å². The fraction of sp³-hybridized carbons (Fsp3) is 0.538. The first-order valence-corrected chi connectivity index (χ1v) is 6.20. The third-order valence-corrected chi connectivity index (χ3v) is 3.60. The molecule has 0 spiro atoms. The molecule has 1 aromatic heterocycles. The van der Waals surface area contributed by atoms with Crippen molar-refractivity contribution in [2.24, 2.45) is 5.92 Å². The number of carboxylic acids is 1. The first-order chi connectivity index (χ1) is 8.90. The Labute approximate surface area is 111 Å². The van der Waals surface area contributed by atoms with Crippen LogP contribution in [-0.2, 0) is 0 Å². The van der Waals surface area contributed by atoms with Crippen molar-refractivity contribution in [2.75, 3.05) is 32.1 Å². The number of pyridine rings is 1. The molecule has 1 fully saturated rings. The zero-order chi connectivity index (χ0) is 14.2. The summed E-state index contributed by atoms with van der Waals surface area (Å²) in [5.74, 6) is -1.02. The summed E-state index contributed by atoms with van der Waals surface area (Å²) >= 11 is 0. The summed E-state index contributed by atoms with van der Waals surface area (Å²) in [6, 6.07) is 1.37. The van der Waals surface area contributed by atoms with E-state index in [1.54, 1.807) is 0 Å². The molecule has 1 aliphatic rings. The Morgan fingerprint density at radius 1 is 1.53 bits per heavy atom. The van der Waals surface area contributed by atoms with Gasteiger partial charge in [-0.15, -0.1) is 0 Å². The third kappa shape index (κ3) is 2.68. The Morgan fingerprint density at radius 3 is 2.74 bits per heavy atom. The van der Waals surface area contributed by atoms with Crippen LogP contribution in [0.2, 0.25) is 0 Å². The van der Waals surface area contributed by atoms with Gasteiger partial charge < -0.3 is 14.9 Å². The fourth-order valence-corrected chi connectivity index (χ4v) is 2.64. The zero-order valence-electron chi connectivity index (χ0n) is 11.3. The molecular weight excluding hydrogens is 249 g/mol. The number of aromatic carboxylic acids is 1. The summed E-state index contributed by atoms with van der Waals surface area (Å²) in [6.07, 6.45) is 1.06. The lowest BCUT2D eigenvalue weighted by Gasteiger charge is -2.23. The monoisotopic (exact) mass is 267 g/mol. The van der Waals surface area contributed by atoms with Crippen molar-refractivity contribution < 1.29 is 14.3 Å². The minimum Gasteiger partial charge on any atom is -0.478 e. The van der Waals surface area contributed by atoms with Gasteiger partial charge in [-0.3, -0.25) is 0 Å². The summed E-state index contributed by atoms with van der Waals surface area (Å²) in [4.78, 5) is 19.2. The number of carbonyl (C=O) groups is 1. The summed E-state index contributed by atoms with van der Waals surface area (Å²) in [5, 5.41) is 9.15. The van der Waals surface area contributed by atoms with E-state index in [1.807, 2.05) is 19.0 Å². The number of anilines is 1. The highest BCUT2D eigenvalue weighted by atomic mass is 19.1. The van der Waals surface area contributed by atoms with Crippen molar-refractivity contribution >= 4 is 11.8 Å². The predicted molar refractivity (Wildman–Crippen MR) is 70.0 cm³/mol. The zero-order valence-corrected chi connectivity index (χ0v) is 11.3. The van der Waals surface area contributed by atoms with Crippen LogP contribution in [0.25, 0.3) is 0 Å². The van der Waals surface area contributed by atoms with Gasteiger partial charge in [0.1, 0.15) is 17.2 Å². The molecule has 5 nitrogen and oxygen atoms in total. The molecule has 104 valence electrons. The Morgan fingerprint density at radius 2 is 2.21 bits per heavy atom. The molecule has 2 rings (SSSR count). The molecule has 0 amide bonds. The van der Waals surface area contributed by atoms with Crippen LogP contribution in [0.5, 0.6) is 0 Å². The topological polar surface area (TPSA) is 56.7 Å². The normalized spacial score (nSPS) is 23.1. The molecule has 1 aromatic rings. The maximum atomic E-state index is 13.1. The van der Waals surface area contributed by atoms with Gasteiger partial charge in [0.15, 0.2) is 0 Å². The molecule has 0 radical (unpaired) electrons. The average molecular weight is 267 g/mol. The number of nitrogens with zero attached hydrogens (tertiary/aromatic N) is 3. The minimum absolute atomic E-state index is 0.0772. The van der Waals surface area contributed by atoms with Gasteiger partial charge in [0.25, 0.3) is 0 Å². The lowest BCUT2D eigenvalue weighted by atomic mass is 10.1. The minimum atomic E-state index is -1.15. The number of likely N-dealkylation sites (N-methyl/N-ethyl adjacent to an activating group) is 1. The number of hydrogen-bond donors (Lipinski definition) is 1. The van der Waals surface area contributed by atoms with Crippen molar-refractivity contribution in [3.05, 3.63) is 23.6 Å². The van der Waals surface area contributed by atoms with Crippen LogP contribution in [0.15, 0.2) is 12.3 Å². The second-order valence-corrected chi connectivity index (χ2v) is 5.24. The largest absolute Gasteiger partial charge is 0.478 e. The maximum Gasteiger partial charge on any atom is 0.339 e. The van der Waals surface area contributed by atoms with Crippen molar-refractivity contribution in [3.8, 4) is 0 Å². The van der Waals surface area contributed by atoms with Crippen LogP contribution in [0.1, 0.15) is 17.3 Å². The SMILES string of the molecule is CC1CN(c2ncc(F)cc2C(=O)O)CC1N(C)C. The van der Waals surface area contributed by atoms with Crippen molar-refractivity contribution in [2.45, 2.75) is 13.0 Å². The molecule has 2 heterocycles. The van der Waals surface area contributed by atoms with E-state index < -0.39 is 11.8 Å². The quantitative estimate of drug-likeness (QED) is 0.894. The molecule has 1 saturated heterocycles. The highest BCUT2D eigenvalue weighted by Gasteiger charge is 2.33. The lowest BCUT2D eigenvalue weighted by molar-refractivity contribution is 0.0696. The van der Waals surface area contributed by atoms with Crippen LogP contribution in [0.4, 0.5) is 10.2 Å². The van der Waals surface area contributed by atoms with Gasteiger partial charge in [-0.1, -0.05) is 6.92 Å². The molecule has 2 atom stereocenters. The van der Waals surface area contributed by atoms with E-state index in [1.165, 1.54) is 0 Å². The maximum absolute atomic E-state index is 13.1. The smallest absolute Gasteiger partial charge is 0.339 e. The van der Waals surface area contributed by atoms with Gasteiger partial charge in [-0.25, -0.2) is 14.2 Å². The molecule has 2 unspecified atom stereocenters. The third-order valence-electron chi connectivity index (χ3n) is 3.60. The molecule has 0 aliphatic carbocycles. The van der Waals surface area contributed by atoms with Crippen molar-refractivity contribution in [1.29, 1.82) is 0 Å².